The molecule has 0 aliphatic heterocycles. The van der Waals surface area contributed by atoms with Crippen molar-refractivity contribution in [1.82, 2.24) is 14.3 Å². The summed E-state index contributed by atoms with van der Waals surface area (Å²) in [6.45, 7) is 0.0950. The molecule has 2 aromatic heterocycles. The summed E-state index contributed by atoms with van der Waals surface area (Å²) < 4.78 is 4.24. The number of aromatic nitrogens is 3. The third kappa shape index (κ3) is 1.37. The SMILES string of the molecule is Cn1ncc2c1CCc1c-2n(C)c2ccc(CO)cc12. The third-order valence-electron chi connectivity index (χ3n) is 4.48. The van der Waals surface area contributed by atoms with Crippen LogP contribution in [0.15, 0.2) is 24.4 Å². The van der Waals surface area contributed by atoms with Crippen LogP contribution in [0.2, 0.25) is 0 Å². The van der Waals surface area contributed by atoms with Crippen LogP contribution in [-0.4, -0.2) is 19.5 Å². The van der Waals surface area contributed by atoms with E-state index in [4.69, 9.17) is 0 Å². The molecular formula is C16H17N3O. The van der Waals surface area contributed by atoms with E-state index in [0.717, 1.165) is 18.4 Å². The van der Waals surface area contributed by atoms with Crippen molar-refractivity contribution in [1.29, 1.82) is 0 Å². The molecule has 1 aliphatic carbocycles. The highest BCUT2D eigenvalue weighted by molar-refractivity contribution is 5.93. The number of aryl methyl sites for hydroxylation is 3. The van der Waals surface area contributed by atoms with Gasteiger partial charge in [-0.3, -0.25) is 4.68 Å². The first kappa shape index (κ1) is 11.7. The molecule has 0 spiro atoms. The molecule has 0 amide bonds. The first-order valence-electron chi connectivity index (χ1n) is 6.93. The van der Waals surface area contributed by atoms with E-state index >= 15 is 0 Å². The third-order valence-corrected chi connectivity index (χ3v) is 4.48. The fourth-order valence-electron chi connectivity index (χ4n) is 3.46. The minimum atomic E-state index is 0.0950. The molecule has 0 bridgehead atoms. The number of nitrogens with zero attached hydrogens (tertiary/aromatic N) is 3. The zero-order valence-electron chi connectivity index (χ0n) is 11.7. The largest absolute Gasteiger partial charge is 0.392 e. The standard InChI is InChI=1S/C16H17N3O/c1-18-14-5-3-10(9-20)7-12(14)11-4-6-15-13(16(11)18)8-17-19(15)2/h3,5,7-8,20H,4,6,9H2,1-2H3. The molecule has 4 heteroatoms. The molecule has 4 nitrogen and oxygen atoms in total. The minimum absolute atomic E-state index is 0.0950. The minimum Gasteiger partial charge on any atom is -0.392 e. The highest BCUT2D eigenvalue weighted by Crippen LogP contribution is 2.39. The van der Waals surface area contributed by atoms with Gasteiger partial charge in [0.1, 0.15) is 0 Å². The molecule has 1 aromatic carbocycles. The van der Waals surface area contributed by atoms with Crippen LogP contribution in [0, 0.1) is 0 Å². The Hall–Kier alpha value is -2.07. The van der Waals surface area contributed by atoms with Crippen molar-refractivity contribution in [2.75, 3.05) is 0 Å². The van der Waals surface area contributed by atoms with Gasteiger partial charge >= 0.3 is 0 Å². The molecule has 0 saturated heterocycles. The average Bonchev–Trinajstić information content (AvgIpc) is 2.98. The van der Waals surface area contributed by atoms with Gasteiger partial charge in [0, 0.05) is 36.3 Å². The highest BCUT2D eigenvalue weighted by Gasteiger charge is 2.25. The lowest BCUT2D eigenvalue weighted by Gasteiger charge is -2.15. The number of rotatable bonds is 1. The summed E-state index contributed by atoms with van der Waals surface area (Å²) in [6.07, 6.45) is 4.04. The van der Waals surface area contributed by atoms with E-state index in [1.54, 1.807) is 0 Å². The van der Waals surface area contributed by atoms with Gasteiger partial charge in [-0.25, -0.2) is 0 Å². The van der Waals surface area contributed by atoms with Gasteiger partial charge in [-0.1, -0.05) is 6.07 Å². The molecule has 102 valence electrons. The van der Waals surface area contributed by atoms with E-state index < -0.39 is 0 Å². The summed E-state index contributed by atoms with van der Waals surface area (Å²) in [4.78, 5) is 0. The van der Waals surface area contributed by atoms with Crippen molar-refractivity contribution < 1.29 is 5.11 Å². The van der Waals surface area contributed by atoms with Crippen LogP contribution in [0.1, 0.15) is 16.8 Å². The fourth-order valence-corrected chi connectivity index (χ4v) is 3.46. The van der Waals surface area contributed by atoms with Gasteiger partial charge in [0.15, 0.2) is 0 Å². The second-order valence-corrected chi connectivity index (χ2v) is 5.52. The van der Waals surface area contributed by atoms with Crippen molar-refractivity contribution in [3.63, 3.8) is 0 Å². The topological polar surface area (TPSA) is 43.0 Å². The molecule has 3 aromatic rings. The van der Waals surface area contributed by atoms with Gasteiger partial charge in [-0.15, -0.1) is 0 Å². The fraction of sp³-hybridized carbons (Fsp3) is 0.312. The average molecular weight is 267 g/mol. The molecule has 4 rings (SSSR count). The number of benzene rings is 1. The Morgan fingerprint density at radius 1 is 1.25 bits per heavy atom. The zero-order chi connectivity index (χ0) is 13.9. The van der Waals surface area contributed by atoms with Crippen LogP contribution in [0.5, 0.6) is 0 Å². The van der Waals surface area contributed by atoms with Crippen LogP contribution in [-0.2, 0) is 33.5 Å². The van der Waals surface area contributed by atoms with Gasteiger partial charge < -0.3 is 9.67 Å². The number of hydrogen-bond acceptors (Lipinski definition) is 2. The predicted octanol–water partition coefficient (Wildman–Crippen LogP) is 2.17. The molecule has 0 unspecified atom stereocenters. The van der Waals surface area contributed by atoms with Crippen molar-refractivity contribution >= 4 is 10.9 Å². The summed E-state index contributed by atoms with van der Waals surface area (Å²) in [5.74, 6) is 0. The summed E-state index contributed by atoms with van der Waals surface area (Å²) >= 11 is 0. The molecule has 20 heavy (non-hydrogen) atoms. The van der Waals surface area contributed by atoms with Crippen LogP contribution in [0.4, 0.5) is 0 Å². The Kier molecular flexibility index (Phi) is 2.32. The first-order valence-corrected chi connectivity index (χ1v) is 6.93. The molecule has 1 aliphatic rings. The van der Waals surface area contributed by atoms with E-state index in [9.17, 15) is 5.11 Å². The van der Waals surface area contributed by atoms with Gasteiger partial charge in [0.2, 0.25) is 0 Å². The van der Waals surface area contributed by atoms with E-state index in [1.165, 1.54) is 33.4 Å². The maximum absolute atomic E-state index is 9.35. The number of aliphatic hydroxyl groups is 1. The Labute approximate surface area is 117 Å². The number of fused-ring (bicyclic) bond motifs is 5. The van der Waals surface area contributed by atoms with E-state index in [0.29, 0.717) is 0 Å². The molecule has 0 radical (unpaired) electrons. The molecule has 0 saturated carbocycles. The van der Waals surface area contributed by atoms with E-state index in [1.807, 2.05) is 24.0 Å². The number of hydrogen-bond donors (Lipinski definition) is 1. The van der Waals surface area contributed by atoms with Crippen molar-refractivity contribution in [3.05, 3.63) is 41.2 Å². The van der Waals surface area contributed by atoms with Gasteiger partial charge in [0.05, 0.1) is 18.5 Å². The Balaban J connectivity index is 2.08. The van der Waals surface area contributed by atoms with Crippen molar-refractivity contribution in [3.8, 4) is 11.3 Å². The van der Waals surface area contributed by atoms with Crippen LogP contribution >= 0.6 is 0 Å². The maximum atomic E-state index is 9.35. The van der Waals surface area contributed by atoms with Gasteiger partial charge in [-0.05, 0) is 36.1 Å². The van der Waals surface area contributed by atoms with Crippen molar-refractivity contribution in [2.45, 2.75) is 19.4 Å². The van der Waals surface area contributed by atoms with Crippen LogP contribution in [0.25, 0.3) is 22.2 Å². The Bertz CT molecular complexity index is 826. The van der Waals surface area contributed by atoms with Gasteiger partial charge in [-0.2, -0.15) is 5.10 Å². The molecule has 1 N–H and O–H groups in total. The normalized spacial score (nSPS) is 13.6. The molecule has 2 heterocycles. The van der Waals surface area contributed by atoms with Gasteiger partial charge in [0.25, 0.3) is 0 Å². The summed E-state index contributed by atoms with van der Waals surface area (Å²) in [7, 11) is 4.12. The second kappa shape index (κ2) is 3.96. The lowest BCUT2D eigenvalue weighted by molar-refractivity contribution is 0.282. The second-order valence-electron chi connectivity index (χ2n) is 5.52. The molecular weight excluding hydrogens is 250 g/mol. The predicted molar refractivity (Wildman–Crippen MR) is 78.5 cm³/mol. The van der Waals surface area contributed by atoms with Crippen molar-refractivity contribution in [2.24, 2.45) is 14.1 Å². The maximum Gasteiger partial charge on any atom is 0.0682 e. The Morgan fingerprint density at radius 3 is 2.90 bits per heavy atom. The summed E-state index contributed by atoms with van der Waals surface area (Å²) in [6, 6.07) is 6.22. The lowest BCUT2D eigenvalue weighted by atomic mass is 9.93. The quantitative estimate of drug-likeness (QED) is 0.734. The van der Waals surface area contributed by atoms with Crippen LogP contribution < -0.4 is 0 Å². The lowest BCUT2D eigenvalue weighted by Crippen LogP contribution is -2.08. The number of aliphatic hydroxyl groups excluding tert-OH is 1. The summed E-state index contributed by atoms with van der Waals surface area (Å²) in [5, 5.41) is 15.0. The molecule has 0 atom stereocenters. The first-order chi connectivity index (χ1) is 9.70. The Morgan fingerprint density at radius 2 is 2.10 bits per heavy atom. The zero-order valence-corrected chi connectivity index (χ0v) is 11.7. The summed E-state index contributed by atoms with van der Waals surface area (Å²) in [5.41, 5.74) is 7.43. The van der Waals surface area contributed by atoms with E-state index in [2.05, 4.69) is 28.8 Å². The monoisotopic (exact) mass is 267 g/mol. The highest BCUT2D eigenvalue weighted by atomic mass is 16.3. The smallest absolute Gasteiger partial charge is 0.0682 e. The van der Waals surface area contributed by atoms with Crippen LogP contribution in [0.3, 0.4) is 0 Å². The molecule has 0 fully saturated rings. The van der Waals surface area contributed by atoms with E-state index in [-0.39, 0.29) is 6.61 Å².